The van der Waals surface area contributed by atoms with Gasteiger partial charge in [-0.2, -0.15) is 0 Å². The lowest BCUT2D eigenvalue weighted by Gasteiger charge is -2.37. The summed E-state index contributed by atoms with van der Waals surface area (Å²) in [6.07, 6.45) is 0. The first kappa shape index (κ1) is 25.9. The average molecular weight is 440 g/mol. The standard InChI is InChI=1S/C24H38B2O4Si/c1-21(2,27)23(5,6)29-25-17-11-9-13-19(15-17)31-20-14-10-12-18(16-20)26-30-24(7,8)22(3,4)28/h9-16,25-28H,31H2,1-8H3. The maximum absolute atomic E-state index is 10.3. The lowest BCUT2D eigenvalue weighted by molar-refractivity contribution is -0.0893. The summed E-state index contributed by atoms with van der Waals surface area (Å²) in [5, 5.41) is 23.3. The van der Waals surface area contributed by atoms with Crippen molar-refractivity contribution in [2.45, 2.75) is 77.8 Å². The van der Waals surface area contributed by atoms with Gasteiger partial charge >= 0.3 is 15.0 Å². The molecule has 0 saturated carbocycles. The second-order valence-corrected chi connectivity index (χ2v) is 12.5. The van der Waals surface area contributed by atoms with E-state index >= 15 is 0 Å². The van der Waals surface area contributed by atoms with Crippen molar-refractivity contribution in [3.05, 3.63) is 48.5 Å². The van der Waals surface area contributed by atoms with Crippen LogP contribution in [-0.4, -0.2) is 57.1 Å². The van der Waals surface area contributed by atoms with Crippen LogP contribution in [0.3, 0.4) is 0 Å². The van der Waals surface area contributed by atoms with Gasteiger partial charge in [0.1, 0.15) is 0 Å². The molecule has 0 aliphatic heterocycles. The highest BCUT2D eigenvalue weighted by Crippen LogP contribution is 2.24. The minimum atomic E-state index is -0.915. The minimum Gasteiger partial charge on any atom is -0.427 e. The number of rotatable bonds is 10. The molecule has 0 radical (unpaired) electrons. The van der Waals surface area contributed by atoms with Crippen LogP contribution in [0.1, 0.15) is 55.4 Å². The van der Waals surface area contributed by atoms with E-state index in [1.165, 1.54) is 10.4 Å². The molecule has 0 aliphatic rings. The Balaban J connectivity index is 2.04. The van der Waals surface area contributed by atoms with Gasteiger partial charge in [-0.05, 0) is 55.4 Å². The van der Waals surface area contributed by atoms with Crippen molar-refractivity contribution in [3.63, 3.8) is 0 Å². The lowest BCUT2D eigenvalue weighted by Crippen LogP contribution is -2.49. The van der Waals surface area contributed by atoms with Gasteiger partial charge in [-0.1, -0.05) is 69.8 Å². The third-order valence-electron chi connectivity index (χ3n) is 6.54. The molecule has 0 aromatic heterocycles. The van der Waals surface area contributed by atoms with Gasteiger partial charge in [0, 0.05) is 0 Å². The van der Waals surface area contributed by atoms with Gasteiger partial charge in [0.2, 0.25) is 0 Å². The largest absolute Gasteiger partial charge is 0.427 e. The molecule has 2 aromatic carbocycles. The highest BCUT2D eigenvalue weighted by Gasteiger charge is 2.36. The van der Waals surface area contributed by atoms with Crippen molar-refractivity contribution in [2.24, 2.45) is 0 Å². The van der Waals surface area contributed by atoms with Crippen LogP contribution >= 0.6 is 0 Å². The first-order valence-electron chi connectivity index (χ1n) is 11.0. The topological polar surface area (TPSA) is 58.9 Å². The molecule has 31 heavy (non-hydrogen) atoms. The van der Waals surface area contributed by atoms with E-state index in [1.807, 2.05) is 27.7 Å². The Morgan fingerprint density at radius 2 is 1.00 bits per heavy atom. The van der Waals surface area contributed by atoms with Crippen molar-refractivity contribution in [3.8, 4) is 0 Å². The van der Waals surface area contributed by atoms with Crippen LogP contribution in [-0.2, 0) is 9.31 Å². The molecule has 0 bridgehead atoms. The second kappa shape index (κ2) is 9.63. The number of aliphatic hydroxyl groups is 2. The summed E-state index contributed by atoms with van der Waals surface area (Å²) in [5.74, 6) is 0. The first-order valence-corrected chi connectivity index (χ1v) is 12.4. The molecule has 0 aliphatic carbocycles. The van der Waals surface area contributed by atoms with E-state index < -0.39 is 31.9 Å². The smallest absolute Gasteiger partial charge is 0.309 e. The van der Waals surface area contributed by atoms with Gasteiger partial charge < -0.3 is 19.5 Å². The average Bonchev–Trinajstić information content (AvgIpc) is 2.64. The van der Waals surface area contributed by atoms with Crippen molar-refractivity contribution < 1.29 is 19.5 Å². The van der Waals surface area contributed by atoms with Crippen LogP contribution in [0.2, 0.25) is 0 Å². The lowest BCUT2D eigenvalue weighted by atomic mass is 9.82. The molecule has 0 spiro atoms. The molecule has 0 fully saturated rings. The van der Waals surface area contributed by atoms with Gasteiger partial charge in [-0.3, -0.25) is 0 Å². The Labute approximate surface area is 191 Å². The summed E-state index contributed by atoms with van der Waals surface area (Å²) >= 11 is 0. The number of hydrogen-bond donors (Lipinski definition) is 2. The van der Waals surface area contributed by atoms with Crippen LogP contribution in [0.15, 0.2) is 48.5 Å². The van der Waals surface area contributed by atoms with Gasteiger partial charge in [-0.25, -0.2) is 0 Å². The van der Waals surface area contributed by atoms with E-state index in [2.05, 4.69) is 48.5 Å². The fraction of sp³-hybridized carbons (Fsp3) is 0.500. The molecule has 4 nitrogen and oxygen atoms in total. The monoisotopic (exact) mass is 440 g/mol. The van der Waals surface area contributed by atoms with E-state index in [4.69, 9.17) is 9.31 Å². The van der Waals surface area contributed by atoms with E-state index in [9.17, 15) is 10.2 Å². The maximum Gasteiger partial charge on any atom is 0.309 e. The van der Waals surface area contributed by atoms with Crippen molar-refractivity contribution in [2.75, 3.05) is 0 Å². The number of hydrogen-bond acceptors (Lipinski definition) is 4. The van der Waals surface area contributed by atoms with Gasteiger partial charge in [0.25, 0.3) is 0 Å². The van der Waals surface area contributed by atoms with Crippen LogP contribution in [0.25, 0.3) is 0 Å². The Bertz CT molecular complexity index is 799. The van der Waals surface area contributed by atoms with E-state index in [0.29, 0.717) is 15.0 Å². The highest BCUT2D eigenvalue weighted by molar-refractivity contribution is 6.68. The molecule has 2 rings (SSSR count). The Morgan fingerprint density at radius 1 is 0.645 bits per heavy atom. The third kappa shape index (κ3) is 7.33. The predicted molar refractivity (Wildman–Crippen MR) is 137 cm³/mol. The molecule has 0 saturated heterocycles. The molecular formula is C24H38B2O4Si. The maximum atomic E-state index is 10.3. The molecule has 2 N–H and O–H groups in total. The van der Waals surface area contributed by atoms with E-state index in [-0.39, 0.29) is 0 Å². The Morgan fingerprint density at radius 3 is 1.32 bits per heavy atom. The fourth-order valence-electron chi connectivity index (χ4n) is 2.78. The van der Waals surface area contributed by atoms with Gasteiger partial charge in [0.05, 0.1) is 31.9 Å². The summed E-state index contributed by atoms with van der Waals surface area (Å²) in [4.78, 5) is 0. The third-order valence-corrected chi connectivity index (χ3v) is 8.23. The quantitative estimate of drug-likeness (QED) is 0.507. The Kier molecular flexibility index (Phi) is 8.04. The van der Waals surface area contributed by atoms with Crippen LogP contribution < -0.4 is 21.3 Å². The molecule has 168 valence electrons. The first-order chi connectivity index (χ1) is 14.1. The summed E-state index contributed by atoms with van der Waals surface area (Å²) < 4.78 is 12.0. The van der Waals surface area contributed by atoms with Crippen LogP contribution in [0.4, 0.5) is 0 Å². The van der Waals surface area contributed by atoms with E-state index in [1.54, 1.807) is 27.7 Å². The molecule has 2 aromatic rings. The van der Waals surface area contributed by atoms with Crippen LogP contribution in [0.5, 0.6) is 0 Å². The molecule has 0 unspecified atom stereocenters. The zero-order chi connectivity index (χ0) is 23.5. The SMILES string of the molecule is CC(C)(O)C(C)(C)OBc1cccc([SiH2]c2cccc(BOC(C)(C)C(C)(C)O)c2)c1. The highest BCUT2D eigenvalue weighted by atomic mass is 28.2. The van der Waals surface area contributed by atoms with Crippen molar-refractivity contribution in [1.29, 1.82) is 0 Å². The second-order valence-electron chi connectivity index (χ2n) is 10.5. The molecule has 0 atom stereocenters. The zero-order valence-corrected chi connectivity index (χ0v) is 21.9. The molecule has 7 heteroatoms. The Hall–Kier alpha value is -1.37. The summed E-state index contributed by atoms with van der Waals surface area (Å²) in [7, 11) is 0.299. The van der Waals surface area contributed by atoms with E-state index in [0.717, 1.165) is 10.9 Å². The summed E-state index contributed by atoms with van der Waals surface area (Å²) in [6, 6.07) is 17.1. The molecular weight excluding hydrogens is 402 g/mol. The van der Waals surface area contributed by atoms with Crippen molar-refractivity contribution >= 4 is 45.8 Å². The van der Waals surface area contributed by atoms with Crippen LogP contribution in [0, 0.1) is 0 Å². The number of benzene rings is 2. The summed E-state index contributed by atoms with van der Waals surface area (Å²) in [5.41, 5.74) is -0.858. The fourth-order valence-corrected chi connectivity index (χ4v) is 4.48. The van der Waals surface area contributed by atoms with Gasteiger partial charge in [0.15, 0.2) is 0 Å². The summed E-state index contributed by atoms with van der Waals surface area (Å²) in [6.45, 7) is 14.8. The molecule has 0 amide bonds. The normalized spacial score (nSPS) is 13.2. The van der Waals surface area contributed by atoms with Crippen molar-refractivity contribution in [1.82, 2.24) is 0 Å². The zero-order valence-electron chi connectivity index (χ0n) is 20.5. The molecule has 0 heterocycles. The van der Waals surface area contributed by atoms with Gasteiger partial charge in [-0.15, -0.1) is 0 Å². The predicted octanol–water partition coefficient (Wildman–Crippen LogP) is -0.108. The minimum absolute atomic E-state index is 0.471.